The molecule has 8 heteroatoms. The second-order valence-electron chi connectivity index (χ2n) is 8.77. The van der Waals surface area contributed by atoms with E-state index in [0.29, 0.717) is 17.3 Å². The fourth-order valence-electron chi connectivity index (χ4n) is 3.47. The maximum Gasteiger partial charge on any atom is 0.437 e. The molecule has 1 aliphatic carbocycles. The summed E-state index contributed by atoms with van der Waals surface area (Å²) in [7, 11) is 1.65. The average Bonchev–Trinajstić information content (AvgIpc) is 3.44. The highest BCUT2D eigenvalue weighted by Crippen LogP contribution is 2.45. The van der Waals surface area contributed by atoms with Crippen molar-refractivity contribution in [3.8, 4) is 0 Å². The zero-order chi connectivity index (χ0) is 21.8. The van der Waals surface area contributed by atoms with Crippen molar-refractivity contribution in [2.24, 2.45) is 7.05 Å². The molecule has 1 fully saturated rings. The summed E-state index contributed by atoms with van der Waals surface area (Å²) in [6.07, 6.45) is 1.67. The Morgan fingerprint density at radius 2 is 1.97 bits per heavy atom. The highest BCUT2D eigenvalue weighted by Gasteiger charge is 2.27. The smallest absolute Gasteiger partial charge is 0.437 e. The number of hydrogen-bond donors (Lipinski definition) is 1. The van der Waals surface area contributed by atoms with Crippen LogP contribution in [0.4, 0.5) is 16.3 Å². The Hall–Kier alpha value is -2.36. The molecule has 0 unspecified atom stereocenters. The van der Waals surface area contributed by atoms with E-state index in [4.69, 9.17) is 4.74 Å². The number of aromatic nitrogens is 3. The number of fused-ring (bicyclic) bond motifs is 1. The molecule has 1 saturated carbocycles. The lowest BCUT2D eigenvalue weighted by atomic mass is 10.1. The lowest BCUT2D eigenvalue weighted by Gasteiger charge is -2.19. The largest absolute Gasteiger partial charge is 0.442 e. The van der Waals surface area contributed by atoms with Crippen molar-refractivity contribution in [1.29, 1.82) is 0 Å². The molecule has 1 aromatic carbocycles. The maximum absolute atomic E-state index is 12.9. The van der Waals surface area contributed by atoms with Crippen molar-refractivity contribution in [2.45, 2.75) is 52.1 Å². The van der Waals surface area contributed by atoms with E-state index in [1.807, 2.05) is 6.07 Å². The van der Waals surface area contributed by atoms with Crippen molar-refractivity contribution in [2.75, 3.05) is 5.32 Å². The predicted octanol–water partition coefficient (Wildman–Crippen LogP) is 5.05. The fourth-order valence-corrected chi connectivity index (χ4v) is 3.96. The minimum atomic E-state index is -0.716. The quantitative estimate of drug-likeness (QED) is 0.489. The van der Waals surface area contributed by atoms with Gasteiger partial charge in [0.25, 0.3) is 0 Å². The normalized spacial score (nSPS) is 14.2. The summed E-state index contributed by atoms with van der Waals surface area (Å²) in [5, 5.41) is 3.39. The number of nitrogens with one attached hydrogen (secondary N) is 1. The van der Waals surface area contributed by atoms with E-state index in [9.17, 15) is 9.59 Å². The minimum Gasteiger partial charge on any atom is -0.442 e. The molecule has 158 valence electrons. The molecule has 1 aliphatic rings. The van der Waals surface area contributed by atoms with Crippen LogP contribution in [0.5, 0.6) is 0 Å². The van der Waals surface area contributed by atoms with Crippen LogP contribution >= 0.6 is 22.6 Å². The van der Waals surface area contributed by atoms with E-state index >= 15 is 0 Å². The van der Waals surface area contributed by atoms with Gasteiger partial charge in [-0.3, -0.25) is 9.48 Å². The van der Waals surface area contributed by atoms with Gasteiger partial charge in [-0.2, -0.15) is 0 Å². The first-order valence-electron chi connectivity index (χ1n) is 9.94. The van der Waals surface area contributed by atoms with Gasteiger partial charge in [0.15, 0.2) is 5.52 Å². The van der Waals surface area contributed by atoms with Gasteiger partial charge in [0.1, 0.15) is 11.4 Å². The van der Waals surface area contributed by atoms with Gasteiger partial charge in [0, 0.05) is 16.3 Å². The predicted molar refractivity (Wildman–Crippen MR) is 126 cm³/mol. The summed E-state index contributed by atoms with van der Waals surface area (Å²) in [6, 6.07) is 7.98. The molecule has 2 aromatic heterocycles. The number of ether oxygens (including phenoxy) is 1. The Bertz CT molecular complexity index is 1220. The molecule has 4 rings (SSSR count). The SMILES string of the molecule is Cc1cc(Nc2ccc3c(n2)c(=O)n(C(=O)OC(C)(C)C)n3C)c(C2CC2)cc1I. The van der Waals surface area contributed by atoms with E-state index in [-0.39, 0.29) is 5.52 Å². The molecule has 1 N–H and O–H groups in total. The molecule has 7 nitrogen and oxygen atoms in total. The minimum absolute atomic E-state index is 0.226. The molecule has 0 aliphatic heterocycles. The number of rotatable bonds is 3. The van der Waals surface area contributed by atoms with Crippen LogP contribution in [0, 0.1) is 10.5 Å². The maximum atomic E-state index is 12.9. The van der Waals surface area contributed by atoms with Gasteiger partial charge in [-0.05, 0) is 104 Å². The monoisotopic (exact) mass is 520 g/mol. The van der Waals surface area contributed by atoms with E-state index in [1.165, 1.54) is 32.2 Å². The van der Waals surface area contributed by atoms with Crippen molar-refractivity contribution < 1.29 is 9.53 Å². The van der Waals surface area contributed by atoms with Crippen LogP contribution in [0.1, 0.15) is 50.7 Å². The fraction of sp³-hybridized carbons (Fsp3) is 0.409. The molecule has 0 saturated heterocycles. The molecule has 0 radical (unpaired) electrons. The van der Waals surface area contributed by atoms with E-state index in [2.05, 4.69) is 51.9 Å². The van der Waals surface area contributed by atoms with Crippen LogP contribution in [0.3, 0.4) is 0 Å². The lowest BCUT2D eigenvalue weighted by Crippen LogP contribution is -2.35. The van der Waals surface area contributed by atoms with E-state index in [0.717, 1.165) is 10.4 Å². The number of nitrogens with zero attached hydrogens (tertiary/aromatic N) is 3. The van der Waals surface area contributed by atoms with Crippen molar-refractivity contribution in [3.05, 3.63) is 49.3 Å². The first-order chi connectivity index (χ1) is 14.0. The first kappa shape index (κ1) is 20.9. The molecule has 3 aromatic rings. The van der Waals surface area contributed by atoms with Gasteiger partial charge in [0.05, 0.1) is 5.52 Å². The van der Waals surface area contributed by atoms with Crippen LogP contribution in [0.15, 0.2) is 29.1 Å². The van der Waals surface area contributed by atoms with Gasteiger partial charge >= 0.3 is 11.7 Å². The van der Waals surface area contributed by atoms with Gasteiger partial charge in [-0.15, -0.1) is 4.68 Å². The Morgan fingerprint density at radius 3 is 2.60 bits per heavy atom. The highest BCUT2D eigenvalue weighted by atomic mass is 127. The number of anilines is 2. The van der Waals surface area contributed by atoms with Crippen molar-refractivity contribution in [1.82, 2.24) is 14.3 Å². The number of aryl methyl sites for hydroxylation is 2. The van der Waals surface area contributed by atoms with Crippen LogP contribution < -0.4 is 10.9 Å². The van der Waals surface area contributed by atoms with Crippen molar-refractivity contribution in [3.63, 3.8) is 0 Å². The van der Waals surface area contributed by atoms with Gasteiger partial charge in [-0.25, -0.2) is 9.78 Å². The Kier molecular flexibility index (Phi) is 5.16. The molecular formula is C22H25IN4O3. The Morgan fingerprint density at radius 1 is 1.27 bits per heavy atom. The summed E-state index contributed by atoms with van der Waals surface area (Å²) in [5.41, 5.74) is 3.09. The number of carbonyl (C=O) groups excluding carboxylic acids is 1. The average molecular weight is 520 g/mol. The molecule has 0 spiro atoms. The number of benzene rings is 1. The number of carbonyl (C=O) groups is 1. The second kappa shape index (κ2) is 7.40. The summed E-state index contributed by atoms with van der Waals surface area (Å²) in [4.78, 5) is 30.0. The van der Waals surface area contributed by atoms with Crippen molar-refractivity contribution >= 4 is 51.2 Å². The zero-order valence-electron chi connectivity index (χ0n) is 17.7. The third kappa shape index (κ3) is 3.97. The highest BCUT2D eigenvalue weighted by molar-refractivity contribution is 14.1. The molecule has 30 heavy (non-hydrogen) atoms. The summed E-state index contributed by atoms with van der Waals surface area (Å²) in [6.45, 7) is 7.37. The standard InChI is InChI=1S/C22H25IN4O3/c1-12-10-16(14(11-15(12)23)13-6-7-13)24-18-9-8-17-19(25-18)20(28)27(26(17)5)21(29)30-22(2,3)4/h8-11,13H,6-7H2,1-5H3,(H,24,25). The number of pyridine rings is 1. The van der Waals surface area contributed by atoms with Crippen LogP contribution in [-0.4, -0.2) is 26.0 Å². The topological polar surface area (TPSA) is 78.2 Å². The summed E-state index contributed by atoms with van der Waals surface area (Å²) < 4.78 is 9.08. The summed E-state index contributed by atoms with van der Waals surface area (Å²) in [5.74, 6) is 1.15. The number of hydrogen-bond acceptors (Lipinski definition) is 5. The Balaban J connectivity index is 1.73. The molecule has 0 atom stereocenters. The second-order valence-corrected chi connectivity index (χ2v) is 9.94. The zero-order valence-corrected chi connectivity index (χ0v) is 19.9. The molecular weight excluding hydrogens is 495 g/mol. The Labute approximate surface area is 188 Å². The van der Waals surface area contributed by atoms with Crippen LogP contribution in [-0.2, 0) is 11.8 Å². The molecule has 0 amide bonds. The molecule has 0 bridgehead atoms. The van der Waals surface area contributed by atoms with Gasteiger partial charge < -0.3 is 10.1 Å². The first-order valence-corrected chi connectivity index (χ1v) is 11.0. The third-order valence-electron chi connectivity index (χ3n) is 5.09. The molecule has 2 heterocycles. The third-order valence-corrected chi connectivity index (χ3v) is 6.26. The number of halogens is 1. The van der Waals surface area contributed by atoms with Gasteiger partial charge in [0.2, 0.25) is 0 Å². The van der Waals surface area contributed by atoms with E-state index < -0.39 is 17.3 Å². The summed E-state index contributed by atoms with van der Waals surface area (Å²) >= 11 is 2.36. The lowest BCUT2D eigenvalue weighted by molar-refractivity contribution is 0.0491. The van der Waals surface area contributed by atoms with Gasteiger partial charge in [-0.1, -0.05) is 0 Å². The van der Waals surface area contributed by atoms with Crippen LogP contribution in [0.2, 0.25) is 0 Å². The van der Waals surface area contributed by atoms with Crippen LogP contribution in [0.25, 0.3) is 11.0 Å². The van der Waals surface area contributed by atoms with E-state index in [1.54, 1.807) is 33.9 Å².